The van der Waals surface area contributed by atoms with E-state index in [0.717, 1.165) is 18.4 Å². The number of rotatable bonds is 7. The molecule has 3 rings (SSSR count). The molecule has 1 amide bonds. The average molecular weight is 409 g/mol. The largest absolute Gasteiger partial charge is 0.481 e. The fourth-order valence-electron chi connectivity index (χ4n) is 3.21. The second-order valence-electron chi connectivity index (χ2n) is 6.56. The summed E-state index contributed by atoms with van der Waals surface area (Å²) in [5, 5.41) is 12.1. The van der Waals surface area contributed by atoms with Crippen LogP contribution in [0.3, 0.4) is 0 Å². The van der Waals surface area contributed by atoms with E-state index in [2.05, 4.69) is 4.98 Å². The van der Waals surface area contributed by atoms with Gasteiger partial charge in [-0.15, -0.1) is 11.3 Å². The number of halogens is 1. The minimum atomic E-state index is -0.990. The number of thiazole rings is 1. The maximum atomic E-state index is 12.9. The molecule has 6 nitrogen and oxygen atoms in total. The lowest BCUT2D eigenvalue weighted by molar-refractivity contribution is -0.141. The molecule has 0 saturated carbocycles. The fraction of sp³-hybridized carbons (Fsp3) is 0.421. The Morgan fingerprint density at radius 1 is 1.44 bits per heavy atom. The van der Waals surface area contributed by atoms with Crippen LogP contribution in [0.5, 0.6) is 0 Å². The first-order valence-corrected chi connectivity index (χ1v) is 10.0. The Kier molecular flexibility index (Phi) is 6.46. The molecule has 0 aliphatic carbocycles. The molecule has 144 valence electrons. The monoisotopic (exact) mass is 408 g/mol. The molecule has 27 heavy (non-hydrogen) atoms. The summed E-state index contributed by atoms with van der Waals surface area (Å²) < 4.78 is 5.58. The number of carboxylic acid groups (broad SMARTS) is 1. The van der Waals surface area contributed by atoms with E-state index < -0.39 is 11.9 Å². The molecule has 2 unspecified atom stereocenters. The Bertz CT molecular complexity index is 820. The smallest absolute Gasteiger partial charge is 0.304 e. The third-order valence-corrected chi connectivity index (χ3v) is 5.85. The van der Waals surface area contributed by atoms with Crippen molar-refractivity contribution in [3.63, 3.8) is 0 Å². The van der Waals surface area contributed by atoms with Gasteiger partial charge in [-0.25, -0.2) is 4.98 Å². The van der Waals surface area contributed by atoms with Gasteiger partial charge in [0.2, 0.25) is 5.91 Å². The van der Waals surface area contributed by atoms with Crippen molar-refractivity contribution in [3.05, 3.63) is 34.7 Å². The summed E-state index contributed by atoms with van der Waals surface area (Å²) in [6, 6.07) is 7.37. The minimum absolute atomic E-state index is 0.0540. The molecule has 1 aromatic heterocycles. The van der Waals surface area contributed by atoms with E-state index >= 15 is 0 Å². The summed E-state index contributed by atoms with van der Waals surface area (Å²) >= 11 is 7.54. The van der Waals surface area contributed by atoms with Crippen molar-refractivity contribution in [2.24, 2.45) is 5.92 Å². The number of hydrogen-bond acceptors (Lipinski definition) is 5. The van der Waals surface area contributed by atoms with Crippen LogP contribution in [-0.2, 0) is 14.3 Å². The van der Waals surface area contributed by atoms with Crippen LogP contribution in [0.4, 0.5) is 5.13 Å². The Labute approximate surface area is 166 Å². The Morgan fingerprint density at radius 2 is 2.22 bits per heavy atom. The van der Waals surface area contributed by atoms with Gasteiger partial charge in [-0.3, -0.25) is 14.5 Å². The summed E-state index contributed by atoms with van der Waals surface area (Å²) in [7, 11) is 1.63. The molecule has 0 radical (unpaired) electrons. The highest BCUT2D eigenvalue weighted by molar-refractivity contribution is 7.14. The van der Waals surface area contributed by atoms with E-state index in [4.69, 9.17) is 16.3 Å². The molecule has 0 spiro atoms. The number of carbonyl (C=O) groups excluding carboxylic acids is 1. The number of carbonyl (C=O) groups is 2. The number of amides is 1. The third kappa shape index (κ3) is 4.86. The van der Waals surface area contributed by atoms with Crippen LogP contribution in [0, 0.1) is 5.92 Å². The van der Waals surface area contributed by atoms with Crippen molar-refractivity contribution in [3.8, 4) is 11.3 Å². The Balaban J connectivity index is 1.76. The van der Waals surface area contributed by atoms with Gasteiger partial charge < -0.3 is 9.84 Å². The average Bonchev–Trinajstić information content (AvgIpc) is 3.32. The van der Waals surface area contributed by atoms with Crippen molar-refractivity contribution in [2.45, 2.75) is 31.8 Å². The predicted octanol–water partition coefficient (Wildman–Crippen LogP) is 4.09. The van der Waals surface area contributed by atoms with Crippen molar-refractivity contribution in [1.29, 1.82) is 0 Å². The first-order valence-electron chi connectivity index (χ1n) is 8.77. The molecular formula is C19H21ClN2O4S. The topological polar surface area (TPSA) is 79.7 Å². The highest BCUT2D eigenvalue weighted by Crippen LogP contribution is 2.32. The zero-order valence-corrected chi connectivity index (χ0v) is 16.5. The quantitative estimate of drug-likeness (QED) is 0.746. The Hall–Kier alpha value is -1.96. The van der Waals surface area contributed by atoms with E-state index in [-0.39, 0.29) is 18.4 Å². The summed E-state index contributed by atoms with van der Waals surface area (Å²) in [5.74, 6) is -1.88. The maximum absolute atomic E-state index is 12.9. The first kappa shape index (κ1) is 19.8. The summed E-state index contributed by atoms with van der Waals surface area (Å²) in [6.45, 7) is 0.669. The van der Waals surface area contributed by atoms with Crippen molar-refractivity contribution < 1.29 is 19.4 Å². The first-order chi connectivity index (χ1) is 13.0. The van der Waals surface area contributed by atoms with Gasteiger partial charge in [0.25, 0.3) is 0 Å². The summed E-state index contributed by atoms with van der Waals surface area (Å²) in [4.78, 5) is 30.1. The van der Waals surface area contributed by atoms with E-state index in [1.165, 1.54) is 16.2 Å². The van der Waals surface area contributed by atoms with Gasteiger partial charge in [0.15, 0.2) is 5.13 Å². The number of ether oxygens (including phenoxy) is 1. The number of aliphatic carboxylic acids is 1. The molecule has 2 aromatic rings. The van der Waals surface area contributed by atoms with Crippen LogP contribution in [0.15, 0.2) is 29.6 Å². The zero-order valence-electron chi connectivity index (χ0n) is 14.9. The normalized spacial score (nSPS) is 17.6. The second kappa shape index (κ2) is 8.82. The van der Waals surface area contributed by atoms with Gasteiger partial charge in [-0.05, 0) is 25.3 Å². The van der Waals surface area contributed by atoms with Crippen LogP contribution in [0.1, 0.15) is 25.7 Å². The van der Waals surface area contributed by atoms with Crippen LogP contribution in [0.25, 0.3) is 11.3 Å². The number of nitrogens with zero attached hydrogens (tertiary/aromatic N) is 2. The SMILES string of the molecule is CN(C(=O)C(CC(=O)O)CC1CCCO1)c1nc(-c2ccccc2Cl)cs1. The second-order valence-corrected chi connectivity index (χ2v) is 7.80. The van der Waals surface area contributed by atoms with Gasteiger partial charge in [-0.2, -0.15) is 0 Å². The van der Waals surface area contributed by atoms with Crippen LogP contribution >= 0.6 is 22.9 Å². The predicted molar refractivity (Wildman–Crippen MR) is 105 cm³/mol. The van der Waals surface area contributed by atoms with Gasteiger partial charge in [-0.1, -0.05) is 29.8 Å². The van der Waals surface area contributed by atoms with Gasteiger partial charge in [0.05, 0.1) is 24.1 Å². The molecule has 8 heteroatoms. The van der Waals surface area contributed by atoms with Gasteiger partial charge in [0, 0.05) is 29.6 Å². The van der Waals surface area contributed by atoms with Gasteiger partial charge in [0.1, 0.15) is 0 Å². The summed E-state index contributed by atoms with van der Waals surface area (Å²) in [5.41, 5.74) is 1.48. The molecule has 1 aliphatic rings. The molecule has 0 bridgehead atoms. The molecule has 1 aliphatic heterocycles. The van der Waals surface area contributed by atoms with Crippen LogP contribution < -0.4 is 4.90 Å². The Morgan fingerprint density at radius 3 is 2.89 bits per heavy atom. The maximum Gasteiger partial charge on any atom is 0.304 e. The molecular weight excluding hydrogens is 388 g/mol. The lowest BCUT2D eigenvalue weighted by Gasteiger charge is -2.23. The van der Waals surface area contributed by atoms with E-state index in [0.29, 0.717) is 28.9 Å². The van der Waals surface area contributed by atoms with Crippen LogP contribution in [-0.4, -0.2) is 41.7 Å². The standard InChI is InChI=1S/C19H21ClN2O4S/c1-22(18(25)12(10-17(23)24)9-13-5-4-8-26-13)19-21-16(11-27-19)14-6-2-3-7-15(14)20/h2-3,6-7,11-13H,4-5,8-10H2,1H3,(H,23,24). The summed E-state index contributed by atoms with van der Waals surface area (Å²) in [6.07, 6.45) is 1.95. The fourth-order valence-corrected chi connectivity index (χ4v) is 4.24. The highest BCUT2D eigenvalue weighted by Gasteiger charge is 2.31. The lowest BCUT2D eigenvalue weighted by Crippen LogP contribution is -2.35. The molecule has 1 N–H and O–H groups in total. The lowest BCUT2D eigenvalue weighted by atomic mass is 9.95. The van der Waals surface area contributed by atoms with E-state index in [9.17, 15) is 14.7 Å². The zero-order chi connectivity index (χ0) is 19.4. The van der Waals surface area contributed by atoms with Gasteiger partial charge >= 0.3 is 5.97 Å². The number of aromatic nitrogens is 1. The molecule has 2 heterocycles. The van der Waals surface area contributed by atoms with Crippen LogP contribution in [0.2, 0.25) is 5.02 Å². The molecule has 2 atom stereocenters. The van der Waals surface area contributed by atoms with Crippen molar-refractivity contribution in [2.75, 3.05) is 18.6 Å². The van der Waals surface area contributed by atoms with E-state index in [1.807, 2.05) is 23.6 Å². The number of carboxylic acids is 1. The minimum Gasteiger partial charge on any atom is -0.481 e. The molecule has 1 saturated heterocycles. The molecule has 1 aromatic carbocycles. The number of benzene rings is 1. The van der Waals surface area contributed by atoms with Crippen molar-refractivity contribution >= 4 is 39.9 Å². The third-order valence-electron chi connectivity index (χ3n) is 4.60. The van der Waals surface area contributed by atoms with E-state index in [1.54, 1.807) is 13.1 Å². The van der Waals surface area contributed by atoms with Crippen molar-refractivity contribution in [1.82, 2.24) is 4.98 Å². The molecule has 1 fully saturated rings. The number of hydrogen-bond donors (Lipinski definition) is 1. The number of anilines is 1. The highest BCUT2D eigenvalue weighted by atomic mass is 35.5.